The first kappa shape index (κ1) is 14.5. The van der Waals surface area contributed by atoms with Crippen molar-refractivity contribution in [2.75, 3.05) is 18.4 Å². The Labute approximate surface area is 123 Å². The van der Waals surface area contributed by atoms with Crippen molar-refractivity contribution in [2.24, 2.45) is 0 Å². The number of piperidine rings is 1. The highest BCUT2D eigenvalue weighted by Gasteiger charge is 2.22. The summed E-state index contributed by atoms with van der Waals surface area (Å²) >= 11 is 3.39. The van der Waals surface area contributed by atoms with Gasteiger partial charge in [-0.1, -0.05) is 29.3 Å². The van der Waals surface area contributed by atoms with Gasteiger partial charge < -0.3 is 5.32 Å². The third kappa shape index (κ3) is 4.32. The van der Waals surface area contributed by atoms with Crippen LogP contribution in [-0.4, -0.2) is 29.9 Å². The smallest absolute Gasteiger partial charge is 0.238 e. The zero-order chi connectivity index (χ0) is 13.7. The Kier molecular flexibility index (Phi) is 5.40. The molecule has 19 heavy (non-hydrogen) atoms. The summed E-state index contributed by atoms with van der Waals surface area (Å²) in [4.78, 5) is 14.4. The van der Waals surface area contributed by atoms with Crippen LogP contribution in [0.25, 0.3) is 0 Å². The molecule has 2 rings (SSSR count). The molecule has 1 aromatic carbocycles. The van der Waals surface area contributed by atoms with E-state index >= 15 is 0 Å². The lowest BCUT2D eigenvalue weighted by Gasteiger charge is -2.34. The first-order valence-electron chi connectivity index (χ1n) is 6.98. The fourth-order valence-corrected chi connectivity index (χ4v) is 2.91. The maximum atomic E-state index is 12.1. The van der Waals surface area contributed by atoms with Crippen LogP contribution < -0.4 is 5.32 Å². The minimum Gasteiger partial charge on any atom is -0.325 e. The Bertz CT molecular complexity index is 419. The number of rotatable bonds is 4. The van der Waals surface area contributed by atoms with Crippen LogP contribution in [0.2, 0.25) is 0 Å². The molecule has 1 fully saturated rings. The molecular weight excluding hydrogens is 304 g/mol. The second-order valence-corrected chi connectivity index (χ2v) is 6.00. The number of hydrogen-bond donors (Lipinski definition) is 1. The standard InChI is InChI=1S/C15H21BrN2O/c1-2-14-5-3-4-10-18(14)11-15(19)17-13-8-6-12(16)7-9-13/h6-9,14H,2-5,10-11H2,1H3,(H,17,19). The highest BCUT2D eigenvalue weighted by Crippen LogP contribution is 2.19. The fourth-order valence-electron chi connectivity index (χ4n) is 2.65. The van der Waals surface area contributed by atoms with E-state index in [-0.39, 0.29) is 5.91 Å². The molecule has 0 bridgehead atoms. The van der Waals surface area contributed by atoms with Gasteiger partial charge in [0.2, 0.25) is 5.91 Å². The quantitative estimate of drug-likeness (QED) is 0.916. The van der Waals surface area contributed by atoms with Gasteiger partial charge in [0, 0.05) is 16.2 Å². The number of halogens is 1. The van der Waals surface area contributed by atoms with E-state index < -0.39 is 0 Å². The molecule has 4 heteroatoms. The van der Waals surface area contributed by atoms with E-state index in [9.17, 15) is 4.79 Å². The van der Waals surface area contributed by atoms with Gasteiger partial charge in [0.05, 0.1) is 6.54 Å². The maximum Gasteiger partial charge on any atom is 0.238 e. The molecular formula is C15H21BrN2O. The number of carbonyl (C=O) groups is 1. The third-order valence-electron chi connectivity index (χ3n) is 3.69. The van der Waals surface area contributed by atoms with Gasteiger partial charge in [-0.05, 0) is 50.1 Å². The minimum absolute atomic E-state index is 0.0858. The van der Waals surface area contributed by atoms with Crippen LogP contribution in [0.15, 0.2) is 28.7 Å². The van der Waals surface area contributed by atoms with Crippen LogP contribution in [0.4, 0.5) is 5.69 Å². The molecule has 104 valence electrons. The van der Waals surface area contributed by atoms with Crippen LogP contribution in [0.5, 0.6) is 0 Å². The van der Waals surface area contributed by atoms with E-state index in [1.807, 2.05) is 24.3 Å². The number of nitrogens with one attached hydrogen (secondary N) is 1. The largest absolute Gasteiger partial charge is 0.325 e. The fraction of sp³-hybridized carbons (Fsp3) is 0.533. The predicted molar refractivity (Wildman–Crippen MR) is 82.3 cm³/mol. The summed E-state index contributed by atoms with van der Waals surface area (Å²) in [5.74, 6) is 0.0858. The second kappa shape index (κ2) is 7.06. The van der Waals surface area contributed by atoms with Crippen LogP contribution in [-0.2, 0) is 4.79 Å². The predicted octanol–water partition coefficient (Wildman–Crippen LogP) is 3.65. The lowest BCUT2D eigenvalue weighted by atomic mass is 10.0. The topological polar surface area (TPSA) is 32.3 Å². The number of hydrogen-bond acceptors (Lipinski definition) is 2. The summed E-state index contributed by atoms with van der Waals surface area (Å²) in [6, 6.07) is 8.27. The Morgan fingerprint density at radius 3 is 2.79 bits per heavy atom. The lowest BCUT2D eigenvalue weighted by molar-refractivity contribution is -0.118. The van der Waals surface area contributed by atoms with Crippen molar-refractivity contribution >= 4 is 27.5 Å². The Balaban J connectivity index is 1.88. The normalized spacial score (nSPS) is 20.2. The van der Waals surface area contributed by atoms with Crippen molar-refractivity contribution in [3.05, 3.63) is 28.7 Å². The number of benzene rings is 1. The summed E-state index contributed by atoms with van der Waals surface area (Å²) in [7, 11) is 0. The molecule has 1 heterocycles. The minimum atomic E-state index is 0.0858. The number of likely N-dealkylation sites (tertiary alicyclic amines) is 1. The van der Waals surface area contributed by atoms with Gasteiger partial charge in [0.15, 0.2) is 0 Å². The lowest BCUT2D eigenvalue weighted by Crippen LogP contribution is -2.43. The van der Waals surface area contributed by atoms with Crippen molar-refractivity contribution in [1.82, 2.24) is 4.90 Å². The van der Waals surface area contributed by atoms with Gasteiger partial charge in [-0.2, -0.15) is 0 Å². The van der Waals surface area contributed by atoms with Crippen molar-refractivity contribution in [2.45, 2.75) is 38.6 Å². The molecule has 3 nitrogen and oxygen atoms in total. The molecule has 0 radical (unpaired) electrons. The molecule has 0 spiro atoms. The molecule has 1 N–H and O–H groups in total. The van der Waals surface area contributed by atoms with Crippen LogP contribution >= 0.6 is 15.9 Å². The molecule has 1 aliphatic heterocycles. The first-order valence-corrected chi connectivity index (χ1v) is 7.78. The molecule has 1 aromatic rings. The van der Waals surface area contributed by atoms with Gasteiger partial charge in [0.25, 0.3) is 0 Å². The van der Waals surface area contributed by atoms with E-state index in [0.717, 1.165) is 23.1 Å². The molecule has 1 unspecified atom stereocenters. The van der Waals surface area contributed by atoms with E-state index in [1.165, 1.54) is 19.3 Å². The summed E-state index contributed by atoms with van der Waals surface area (Å²) in [5.41, 5.74) is 0.859. The zero-order valence-corrected chi connectivity index (χ0v) is 12.9. The molecule has 1 amide bonds. The average molecular weight is 325 g/mol. The highest BCUT2D eigenvalue weighted by molar-refractivity contribution is 9.10. The SMILES string of the molecule is CCC1CCCCN1CC(=O)Nc1ccc(Br)cc1. The van der Waals surface area contributed by atoms with Gasteiger partial charge >= 0.3 is 0 Å². The Morgan fingerprint density at radius 2 is 2.11 bits per heavy atom. The maximum absolute atomic E-state index is 12.1. The molecule has 1 aliphatic rings. The first-order chi connectivity index (χ1) is 9.19. The number of anilines is 1. The highest BCUT2D eigenvalue weighted by atomic mass is 79.9. The third-order valence-corrected chi connectivity index (χ3v) is 4.22. The summed E-state index contributed by atoms with van der Waals surface area (Å²) in [6.07, 6.45) is 4.86. The number of carbonyl (C=O) groups excluding carboxylic acids is 1. The molecule has 1 saturated heterocycles. The van der Waals surface area contributed by atoms with Crippen molar-refractivity contribution in [3.8, 4) is 0 Å². The van der Waals surface area contributed by atoms with Gasteiger partial charge in [-0.15, -0.1) is 0 Å². The van der Waals surface area contributed by atoms with E-state index in [0.29, 0.717) is 12.6 Å². The van der Waals surface area contributed by atoms with Gasteiger partial charge in [0.1, 0.15) is 0 Å². The van der Waals surface area contributed by atoms with Gasteiger partial charge in [-0.25, -0.2) is 0 Å². The van der Waals surface area contributed by atoms with Crippen LogP contribution in [0.3, 0.4) is 0 Å². The molecule has 0 aromatic heterocycles. The Morgan fingerprint density at radius 1 is 1.37 bits per heavy atom. The molecule has 1 atom stereocenters. The zero-order valence-electron chi connectivity index (χ0n) is 11.4. The average Bonchev–Trinajstić information content (AvgIpc) is 2.42. The van der Waals surface area contributed by atoms with Crippen molar-refractivity contribution in [3.63, 3.8) is 0 Å². The van der Waals surface area contributed by atoms with Gasteiger partial charge in [-0.3, -0.25) is 9.69 Å². The summed E-state index contributed by atoms with van der Waals surface area (Å²) in [5, 5.41) is 2.96. The molecule has 0 saturated carbocycles. The summed E-state index contributed by atoms with van der Waals surface area (Å²) in [6.45, 7) is 3.76. The van der Waals surface area contributed by atoms with E-state index in [2.05, 4.69) is 33.1 Å². The number of amides is 1. The second-order valence-electron chi connectivity index (χ2n) is 5.08. The monoisotopic (exact) mass is 324 g/mol. The summed E-state index contributed by atoms with van der Waals surface area (Å²) < 4.78 is 1.02. The van der Waals surface area contributed by atoms with Crippen molar-refractivity contribution in [1.29, 1.82) is 0 Å². The Hall–Kier alpha value is -0.870. The molecule has 0 aliphatic carbocycles. The van der Waals surface area contributed by atoms with Crippen LogP contribution in [0, 0.1) is 0 Å². The number of nitrogens with zero attached hydrogens (tertiary/aromatic N) is 1. The van der Waals surface area contributed by atoms with E-state index in [4.69, 9.17) is 0 Å². The van der Waals surface area contributed by atoms with Crippen molar-refractivity contribution < 1.29 is 4.79 Å². The van der Waals surface area contributed by atoms with E-state index in [1.54, 1.807) is 0 Å². The van der Waals surface area contributed by atoms with Crippen LogP contribution in [0.1, 0.15) is 32.6 Å².